The first-order valence-corrected chi connectivity index (χ1v) is 6.30. The Morgan fingerprint density at radius 2 is 2.37 bits per heavy atom. The molecule has 1 atom stereocenters. The standard InChI is InChI=1S/C13H20N2O3.ClH/c1-14-8-10-4-3-7-15(10)9-11-5-6-12(18-11)13(16)17-2;/h5-6,10,14H,3-4,7-9H2,1-2H3;1H. The van der Waals surface area contributed by atoms with E-state index in [4.69, 9.17) is 4.42 Å². The highest BCUT2D eigenvalue weighted by Gasteiger charge is 2.25. The number of nitrogens with one attached hydrogen (secondary N) is 1. The summed E-state index contributed by atoms with van der Waals surface area (Å²) in [5, 5.41) is 3.21. The van der Waals surface area contributed by atoms with Crippen LogP contribution in [0.25, 0.3) is 0 Å². The second-order valence-corrected chi connectivity index (χ2v) is 4.58. The van der Waals surface area contributed by atoms with E-state index in [9.17, 15) is 4.79 Å². The maximum atomic E-state index is 11.3. The van der Waals surface area contributed by atoms with Crippen LogP contribution in [0.5, 0.6) is 0 Å². The average molecular weight is 289 g/mol. The molecule has 0 radical (unpaired) electrons. The van der Waals surface area contributed by atoms with Gasteiger partial charge in [-0.25, -0.2) is 4.79 Å². The van der Waals surface area contributed by atoms with Gasteiger partial charge >= 0.3 is 5.97 Å². The van der Waals surface area contributed by atoms with Crippen LogP contribution in [0.4, 0.5) is 0 Å². The van der Waals surface area contributed by atoms with Crippen LogP contribution in [0.15, 0.2) is 16.5 Å². The molecule has 0 spiro atoms. The Kier molecular flexibility index (Phi) is 6.34. The fourth-order valence-electron chi connectivity index (χ4n) is 2.44. The molecule has 0 bridgehead atoms. The average Bonchev–Trinajstić information content (AvgIpc) is 3.00. The van der Waals surface area contributed by atoms with Gasteiger partial charge < -0.3 is 14.5 Å². The molecule has 1 aliphatic rings. The number of methoxy groups -OCH3 is 1. The molecule has 1 fully saturated rings. The minimum atomic E-state index is -0.422. The van der Waals surface area contributed by atoms with Gasteiger partial charge in [0.15, 0.2) is 0 Å². The zero-order chi connectivity index (χ0) is 13.0. The fraction of sp³-hybridized carbons (Fsp3) is 0.615. The van der Waals surface area contributed by atoms with Crippen LogP contribution >= 0.6 is 12.4 Å². The summed E-state index contributed by atoms with van der Waals surface area (Å²) >= 11 is 0. The summed E-state index contributed by atoms with van der Waals surface area (Å²) in [7, 11) is 3.33. The molecule has 19 heavy (non-hydrogen) atoms. The van der Waals surface area contributed by atoms with Crippen LogP contribution < -0.4 is 5.32 Å². The third-order valence-corrected chi connectivity index (χ3v) is 3.35. The lowest BCUT2D eigenvalue weighted by Gasteiger charge is -2.22. The molecule has 6 heteroatoms. The molecular weight excluding hydrogens is 268 g/mol. The molecule has 108 valence electrons. The summed E-state index contributed by atoms with van der Waals surface area (Å²) in [4.78, 5) is 13.7. The van der Waals surface area contributed by atoms with Crippen molar-refractivity contribution in [1.82, 2.24) is 10.2 Å². The van der Waals surface area contributed by atoms with E-state index in [0.29, 0.717) is 6.04 Å². The molecule has 1 unspecified atom stereocenters. The van der Waals surface area contributed by atoms with Gasteiger partial charge in [-0.1, -0.05) is 0 Å². The summed E-state index contributed by atoms with van der Waals surface area (Å²) in [5.74, 6) is 0.671. The first kappa shape index (κ1) is 16.0. The number of ether oxygens (including phenoxy) is 1. The lowest BCUT2D eigenvalue weighted by molar-refractivity contribution is 0.0561. The van der Waals surface area contributed by atoms with Crippen molar-refractivity contribution in [2.24, 2.45) is 0 Å². The highest BCUT2D eigenvalue weighted by Crippen LogP contribution is 2.20. The van der Waals surface area contributed by atoms with Gasteiger partial charge in [0.25, 0.3) is 0 Å². The number of likely N-dealkylation sites (tertiary alicyclic amines) is 1. The van der Waals surface area contributed by atoms with E-state index in [2.05, 4.69) is 15.0 Å². The van der Waals surface area contributed by atoms with E-state index in [-0.39, 0.29) is 18.2 Å². The molecule has 1 N–H and O–H groups in total. The number of rotatable bonds is 5. The maximum Gasteiger partial charge on any atom is 0.373 e. The number of furan rings is 1. The largest absolute Gasteiger partial charge is 0.463 e. The number of likely N-dealkylation sites (N-methyl/N-ethyl adjacent to an activating group) is 1. The SMILES string of the molecule is CNCC1CCCN1Cc1ccc(C(=O)OC)o1.Cl. The lowest BCUT2D eigenvalue weighted by Crippen LogP contribution is -2.36. The first-order valence-electron chi connectivity index (χ1n) is 6.30. The van der Waals surface area contributed by atoms with Crippen molar-refractivity contribution < 1.29 is 13.9 Å². The van der Waals surface area contributed by atoms with Gasteiger partial charge in [-0.05, 0) is 38.6 Å². The van der Waals surface area contributed by atoms with Crippen LogP contribution in [0.2, 0.25) is 0 Å². The molecular formula is C13H21ClN2O3. The van der Waals surface area contributed by atoms with Crippen molar-refractivity contribution >= 4 is 18.4 Å². The Morgan fingerprint density at radius 3 is 3.05 bits per heavy atom. The predicted octanol–water partition coefficient (Wildman–Crippen LogP) is 1.67. The number of hydrogen-bond acceptors (Lipinski definition) is 5. The predicted molar refractivity (Wildman–Crippen MR) is 74.7 cm³/mol. The molecule has 1 saturated heterocycles. The van der Waals surface area contributed by atoms with E-state index < -0.39 is 5.97 Å². The minimum Gasteiger partial charge on any atom is -0.463 e. The van der Waals surface area contributed by atoms with E-state index in [0.717, 1.165) is 25.4 Å². The number of halogens is 1. The molecule has 0 aromatic carbocycles. The van der Waals surface area contributed by atoms with Crippen molar-refractivity contribution in [2.75, 3.05) is 27.2 Å². The third kappa shape index (κ3) is 3.96. The quantitative estimate of drug-likeness (QED) is 0.836. The van der Waals surface area contributed by atoms with E-state index in [1.165, 1.54) is 20.0 Å². The van der Waals surface area contributed by atoms with Crippen molar-refractivity contribution in [3.05, 3.63) is 23.7 Å². The molecule has 5 nitrogen and oxygen atoms in total. The second-order valence-electron chi connectivity index (χ2n) is 4.58. The summed E-state index contributed by atoms with van der Waals surface area (Å²) in [5.41, 5.74) is 0. The van der Waals surface area contributed by atoms with Crippen LogP contribution in [0.1, 0.15) is 29.2 Å². The maximum absolute atomic E-state index is 11.3. The van der Waals surface area contributed by atoms with Crippen LogP contribution in [-0.2, 0) is 11.3 Å². The Balaban J connectivity index is 0.00000180. The van der Waals surface area contributed by atoms with Crippen LogP contribution in [0, 0.1) is 0 Å². The Labute approximate surface area is 119 Å². The number of carbonyl (C=O) groups excluding carboxylic acids is 1. The zero-order valence-corrected chi connectivity index (χ0v) is 12.2. The van der Waals surface area contributed by atoms with Gasteiger partial charge in [0.05, 0.1) is 13.7 Å². The van der Waals surface area contributed by atoms with Crippen molar-refractivity contribution in [1.29, 1.82) is 0 Å². The molecule has 1 aliphatic heterocycles. The number of esters is 1. The van der Waals surface area contributed by atoms with Gasteiger partial charge in [-0.15, -0.1) is 12.4 Å². The summed E-state index contributed by atoms with van der Waals surface area (Å²) in [6.07, 6.45) is 2.43. The Bertz CT molecular complexity index is 408. The highest BCUT2D eigenvalue weighted by atomic mass is 35.5. The normalized spacial score (nSPS) is 19.2. The van der Waals surface area contributed by atoms with Gasteiger partial charge in [-0.3, -0.25) is 4.90 Å². The second kappa shape index (κ2) is 7.53. The molecule has 0 aliphatic carbocycles. The molecule has 0 saturated carbocycles. The van der Waals surface area contributed by atoms with E-state index in [1.54, 1.807) is 6.07 Å². The number of nitrogens with zero attached hydrogens (tertiary/aromatic N) is 1. The summed E-state index contributed by atoms with van der Waals surface area (Å²) in [6, 6.07) is 4.08. The zero-order valence-electron chi connectivity index (χ0n) is 11.3. The number of hydrogen-bond donors (Lipinski definition) is 1. The molecule has 1 aromatic rings. The van der Waals surface area contributed by atoms with Gasteiger partial charge in [-0.2, -0.15) is 0 Å². The minimum absolute atomic E-state index is 0. The summed E-state index contributed by atoms with van der Waals surface area (Å²) in [6.45, 7) is 2.83. The monoisotopic (exact) mass is 288 g/mol. The van der Waals surface area contributed by atoms with E-state index >= 15 is 0 Å². The van der Waals surface area contributed by atoms with Gasteiger partial charge in [0.2, 0.25) is 5.76 Å². The fourth-order valence-corrected chi connectivity index (χ4v) is 2.44. The molecule has 2 heterocycles. The van der Waals surface area contributed by atoms with E-state index in [1.807, 2.05) is 13.1 Å². The summed E-state index contributed by atoms with van der Waals surface area (Å²) < 4.78 is 10.1. The van der Waals surface area contributed by atoms with Crippen molar-refractivity contribution in [3.8, 4) is 0 Å². The lowest BCUT2D eigenvalue weighted by atomic mass is 10.2. The third-order valence-electron chi connectivity index (χ3n) is 3.35. The Hall–Kier alpha value is -1.04. The van der Waals surface area contributed by atoms with Crippen molar-refractivity contribution in [3.63, 3.8) is 0 Å². The molecule has 1 aromatic heterocycles. The van der Waals surface area contributed by atoms with Gasteiger partial charge in [0.1, 0.15) is 5.76 Å². The van der Waals surface area contributed by atoms with Gasteiger partial charge in [0, 0.05) is 12.6 Å². The topological polar surface area (TPSA) is 54.7 Å². The van der Waals surface area contributed by atoms with Crippen LogP contribution in [0.3, 0.4) is 0 Å². The Morgan fingerprint density at radius 1 is 1.58 bits per heavy atom. The molecule has 0 amide bonds. The smallest absolute Gasteiger partial charge is 0.373 e. The van der Waals surface area contributed by atoms with Crippen molar-refractivity contribution in [2.45, 2.75) is 25.4 Å². The number of carbonyl (C=O) groups is 1. The van der Waals surface area contributed by atoms with Crippen LogP contribution in [-0.4, -0.2) is 44.2 Å². The highest BCUT2D eigenvalue weighted by molar-refractivity contribution is 5.86. The molecule has 2 rings (SSSR count). The first-order chi connectivity index (χ1) is 8.74.